The van der Waals surface area contributed by atoms with Crippen LogP contribution in [0.25, 0.3) is 0 Å². The first-order valence-electron chi connectivity index (χ1n) is 5.78. The van der Waals surface area contributed by atoms with Gasteiger partial charge in [-0.2, -0.15) is 0 Å². The second-order valence-corrected chi connectivity index (χ2v) is 4.46. The topological polar surface area (TPSA) is 12.0 Å². The summed E-state index contributed by atoms with van der Waals surface area (Å²) in [5, 5.41) is 3.28. The minimum absolute atomic E-state index is 0.206. The van der Waals surface area contributed by atoms with E-state index < -0.39 is 12.5 Å². The van der Waals surface area contributed by atoms with Crippen LogP contribution in [0.15, 0.2) is 12.1 Å². The Balaban J connectivity index is 2.28. The van der Waals surface area contributed by atoms with Crippen molar-refractivity contribution < 1.29 is 8.78 Å². The van der Waals surface area contributed by atoms with Crippen molar-refractivity contribution in [3.63, 3.8) is 0 Å². The number of hydrogen-bond acceptors (Lipinski definition) is 1. The van der Waals surface area contributed by atoms with Crippen molar-refractivity contribution in [2.24, 2.45) is 0 Å². The maximum Gasteiger partial charge on any atom is 0.129 e. The number of alkyl halides is 1. The zero-order chi connectivity index (χ0) is 11.5. The summed E-state index contributed by atoms with van der Waals surface area (Å²) < 4.78 is 26.2. The molecule has 1 saturated heterocycles. The van der Waals surface area contributed by atoms with Crippen LogP contribution in [0.1, 0.15) is 35.4 Å². The van der Waals surface area contributed by atoms with Gasteiger partial charge in [0.2, 0.25) is 0 Å². The molecule has 1 aromatic rings. The van der Waals surface area contributed by atoms with Gasteiger partial charge in [-0.1, -0.05) is 6.07 Å². The Labute approximate surface area is 94.9 Å². The van der Waals surface area contributed by atoms with Gasteiger partial charge in [-0.15, -0.1) is 0 Å². The Kier molecular flexibility index (Phi) is 3.54. The van der Waals surface area contributed by atoms with E-state index in [1.54, 1.807) is 6.92 Å². The first-order valence-corrected chi connectivity index (χ1v) is 5.78. The molecular formula is C13H17F2N. The van der Waals surface area contributed by atoms with Gasteiger partial charge in [0, 0.05) is 5.56 Å². The van der Waals surface area contributed by atoms with Crippen LogP contribution in [0, 0.1) is 12.7 Å². The fraction of sp³-hybridized carbons (Fsp3) is 0.538. The average molecular weight is 225 g/mol. The lowest BCUT2D eigenvalue weighted by Gasteiger charge is -2.23. The molecule has 0 saturated carbocycles. The van der Waals surface area contributed by atoms with E-state index in [0.717, 1.165) is 37.1 Å². The Morgan fingerprint density at radius 2 is 2.00 bits per heavy atom. The molecule has 0 unspecified atom stereocenters. The van der Waals surface area contributed by atoms with Crippen molar-refractivity contribution in [3.8, 4) is 0 Å². The molecule has 1 aliphatic heterocycles. The van der Waals surface area contributed by atoms with Crippen LogP contribution >= 0.6 is 0 Å². The van der Waals surface area contributed by atoms with Crippen LogP contribution in [0.4, 0.5) is 8.78 Å². The molecule has 1 aliphatic rings. The van der Waals surface area contributed by atoms with Crippen LogP contribution in [0.2, 0.25) is 0 Å². The zero-order valence-corrected chi connectivity index (χ0v) is 9.52. The second kappa shape index (κ2) is 4.91. The van der Waals surface area contributed by atoms with E-state index in [-0.39, 0.29) is 5.56 Å². The molecule has 1 aromatic carbocycles. The minimum Gasteiger partial charge on any atom is -0.317 e. The molecular weight excluding hydrogens is 208 g/mol. The maximum absolute atomic E-state index is 13.6. The van der Waals surface area contributed by atoms with E-state index >= 15 is 0 Å². The SMILES string of the molecule is Cc1cc(C2CCNCC2)cc(F)c1CF. The van der Waals surface area contributed by atoms with Crippen LogP contribution in [0.3, 0.4) is 0 Å². The quantitative estimate of drug-likeness (QED) is 0.815. The smallest absolute Gasteiger partial charge is 0.129 e. The molecule has 0 amide bonds. The highest BCUT2D eigenvalue weighted by atomic mass is 19.1. The van der Waals surface area contributed by atoms with Crippen LogP contribution in [0.5, 0.6) is 0 Å². The molecule has 3 heteroatoms. The van der Waals surface area contributed by atoms with Gasteiger partial charge in [0.25, 0.3) is 0 Å². The highest BCUT2D eigenvalue weighted by Crippen LogP contribution is 2.28. The first-order chi connectivity index (χ1) is 7.72. The van der Waals surface area contributed by atoms with Gasteiger partial charge in [-0.25, -0.2) is 8.78 Å². The lowest BCUT2D eigenvalue weighted by atomic mass is 9.88. The summed E-state index contributed by atoms with van der Waals surface area (Å²) in [6, 6.07) is 3.45. The summed E-state index contributed by atoms with van der Waals surface area (Å²) in [5.74, 6) is 0.0270. The predicted octanol–water partition coefficient (Wildman–Crippen LogP) is 3.07. The number of hydrogen-bond donors (Lipinski definition) is 1. The number of piperidine rings is 1. The molecule has 16 heavy (non-hydrogen) atoms. The lowest BCUT2D eigenvalue weighted by Crippen LogP contribution is -2.26. The molecule has 0 bridgehead atoms. The highest BCUT2D eigenvalue weighted by molar-refractivity contribution is 5.34. The second-order valence-electron chi connectivity index (χ2n) is 4.46. The van der Waals surface area contributed by atoms with E-state index in [9.17, 15) is 8.78 Å². The minimum atomic E-state index is -0.718. The molecule has 1 nitrogen and oxygen atoms in total. The summed E-state index contributed by atoms with van der Waals surface area (Å²) in [4.78, 5) is 0. The molecule has 88 valence electrons. The van der Waals surface area contributed by atoms with Gasteiger partial charge in [0.1, 0.15) is 12.5 Å². The van der Waals surface area contributed by atoms with Gasteiger partial charge in [0.05, 0.1) is 0 Å². The third-order valence-corrected chi connectivity index (χ3v) is 3.39. The van der Waals surface area contributed by atoms with Crippen molar-refractivity contribution in [3.05, 3.63) is 34.6 Å². The number of rotatable bonds is 2. The summed E-state index contributed by atoms with van der Waals surface area (Å²) in [6.45, 7) is 3.03. The molecule has 0 radical (unpaired) electrons. The molecule has 0 aromatic heterocycles. The molecule has 0 atom stereocenters. The van der Waals surface area contributed by atoms with Gasteiger partial charge in [0.15, 0.2) is 0 Å². The van der Waals surface area contributed by atoms with Crippen LogP contribution < -0.4 is 5.32 Å². The molecule has 1 fully saturated rings. The Bertz CT molecular complexity index is 347. The Morgan fingerprint density at radius 3 is 2.56 bits per heavy atom. The highest BCUT2D eigenvalue weighted by Gasteiger charge is 2.17. The van der Waals surface area contributed by atoms with Crippen molar-refractivity contribution >= 4 is 0 Å². The molecule has 1 N–H and O–H groups in total. The van der Waals surface area contributed by atoms with E-state index in [1.807, 2.05) is 6.07 Å². The van der Waals surface area contributed by atoms with E-state index in [0.29, 0.717) is 5.92 Å². The third-order valence-electron chi connectivity index (χ3n) is 3.39. The number of aryl methyl sites for hydroxylation is 1. The first kappa shape index (κ1) is 11.5. The van der Waals surface area contributed by atoms with Gasteiger partial charge in [-0.05, 0) is 56.0 Å². The van der Waals surface area contributed by atoms with E-state index in [2.05, 4.69) is 5.32 Å². The summed E-state index contributed by atoms with van der Waals surface area (Å²) in [7, 11) is 0. The Morgan fingerprint density at radius 1 is 1.31 bits per heavy atom. The van der Waals surface area contributed by atoms with Crippen molar-refractivity contribution in [2.75, 3.05) is 13.1 Å². The fourth-order valence-corrected chi connectivity index (χ4v) is 2.36. The van der Waals surface area contributed by atoms with Crippen molar-refractivity contribution in [1.29, 1.82) is 0 Å². The van der Waals surface area contributed by atoms with Gasteiger partial charge in [-0.3, -0.25) is 0 Å². The largest absolute Gasteiger partial charge is 0.317 e. The monoisotopic (exact) mass is 225 g/mol. The summed E-state index contributed by atoms with van der Waals surface area (Å²) in [5.41, 5.74) is 1.96. The fourth-order valence-electron chi connectivity index (χ4n) is 2.36. The number of benzene rings is 1. The van der Waals surface area contributed by atoms with E-state index in [4.69, 9.17) is 0 Å². The summed E-state index contributed by atoms with van der Waals surface area (Å²) in [6.07, 6.45) is 2.07. The standard InChI is InChI=1S/C13H17F2N/c1-9-6-11(7-13(15)12(9)8-14)10-2-4-16-5-3-10/h6-7,10,16H,2-5,8H2,1H3. The molecule has 0 aliphatic carbocycles. The normalized spacial score (nSPS) is 17.7. The molecule has 0 spiro atoms. The van der Waals surface area contributed by atoms with Crippen LogP contribution in [-0.4, -0.2) is 13.1 Å². The predicted molar refractivity (Wildman–Crippen MR) is 60.8 cm³/mol. The Hall–Kier alpha value is -0.960. The van der Waals surface area contributed by atoms with Crippen molar-refractivity contribution in [1.82, 2.24) is 5.32 Å². The van der Waals surface area contributed by atoms with E-state index in [1.165, 1.54) is 6.07 Å². The lowest BCUT2D eigenvalue weighted by molar-refractivity contribution is 0.449. The number of nitrogens with one attached hydrogen (secondary N) is 1. The number of halogens is 2. The average Bonchev–Trinajstić information content (AvgIpc) is 2.30. The van der Waals surface area contributed by atoms with Crippen molar-refractivity contribution in [2.45, 2.75) is 32.4 Å². The molecule has 1 heterocycles. The zero-order valence-electron chi connectivity index (χ0n) is 9.52. The molecule has 2 rings (SSSR count). The van der Waals surface area contributed by atoms with Gasteiger partial charge < -0.3 is 5.32 Å². The van der Waals surface area contributed by atoms with Gasteiger partial charge >= 0.3 is 0 Å². The summed E-state index contributed by atoms with van der Waals surface area (Å²) >= 11 is 0. The maximum atomic E-state index is 13.6. The third kappa shape index (κ3) is 2.24. The van der Waals surface area contributed by atoms with Crippen LogP contribution in [-0.2, 0) is 6.67 Å².